The Morgan fingerprint density at radius 2 is 2.17 bits per heavy atom. The monoisotopic (exact) mass is 271 g/mol. The van der Waals surface area contributed by atoms with E-state index in [1.165, 1.54) is 18.2 Å². The lowest BCUT2D eigenvalue weighted by Crippen LogP contribution is -2.25. The van der Waals surface area contributed by atoms with Crippen molar-refractivity contribution in [1.29, 1.82) is 0 Å². The number of nitrogens with zero attached hydrogens (tertiary/aromatic N) is 1. The van der Waals surface area contributed by atoms with E-state index in [0.717, 1.165) is 12.8 Å². The van der Waals surface area contributed by atoms with Gasteiger partial charge in [-0.1, -0.05) is 17.7 Å². The predicted octanol–water partition coefficient (Wildman–Crippen LogP) is 1.72. The zero-order valence-electron chi connectivity index (χ0n) is 9.69. The van der Waals surface area contributed by atoms with Crippen molar-refractivity contribution >= 4 is 23.2 Å². The number of hydrogen-bond donors (Lipinski definition) is 2. The van der Waals surface area contributed by atoms with Crippen LogP contribution in [-0.2, 0) is 0 Å². The zero-order valence-corrected chi connectivity index (χ0v) is 10.4. The van der Waals surface area contributed by atoms with Crippen molar-refractivity contribution < 1.29 is 9.72 Å². The number of hydrogen-bond acceptors (Lipinski definition) is 4. The SMILES string of the molecule is NCCCCNC(=O)c1cccc(Cl)c1[N+](=O)[O-]. The molecule has 0 saturated heterocycles. The van der Waals surface area contributed by atoms with Crippen LogP contribution in [-0.4, -0.2) is 23.9 Å². The van der Waals surface area contributed by atoms with Crippen LogP contribution in [0.5, 0.6) is 0 Å². The highest BCUT2D eigenvalue weighted by Crippen LogP contribution is 2.27. The highest BCUT2D eigenvalue weighted by molar-refractivity contribution is 6.33. The predicted molar refractivity (Wildman–Crippen MR) is 68.7 cm³/mol. The van der Waals surface area contributed by atoms with E-state index >= 15 is 0 Å². The van der Waals surface area contributed by atoms with Gasteiger partial charge in [0.25, 0.3) is 5.91 Å². The molecule has 7 heteroatoms. The first-order valence-corrected chi connectivity index (χ1v) is 5.87. The van der Waals surface area contributed by atoms with Crippen molar-refractivity contribution in [2.24, 2.45) is 5.73 Å². The maximum Gasteiger partial charge on any atom is 0.300 e. The van der Waals surface area contributed by atoms with E-state index in [0.29, 0.717) is 13.1 Å². The van der Waals surface area contributed by atoms with Gasteiger partial charge in [-0.2, -0.15) is 0 Å². The fraction of sp³-hybridized carbons (Fsp3) is 0.364. The number of carbonyl (C=O) groups excluding carboxylic acids is 1. The van der Waals surface area contributed by atoms with Crippen LogP contribution in [0.2, 0.25) is 5.02 Å². The summed E-state index contributed by atoms with van der Waals surface area (Å²) in [6.07, 6.45) is 1.52. The molecule has 0 radical (unpaired) electrons. The van der Waals surface area contributed by atoms with Gasteiger partial charge in [0.15, 0.2) is 0 Å². The summed E-state index contributed by atoms with van der Waals surface area (Å²) in [5.74, 6) is -0.499. The fourth-order valence-corrected chi connectivity index (χ4v) is 1.69. The van der Waals surface area contributed by atoms with Gasteiger partial charge in [0.1, 0.15) is 10.6 Å². The quantitative estimate of drug-likeness (QED) is 0.467. The Morgan fingerprint density at radius 1 is 1.44 bits per heavy atom. The maximum absolute atomic E-state index is 11.8. The number of halogens is 1. The number of nitro benzene ring substituents is 1. The molecule has 0 unspecified atom stereocenters. The van der Waals surface area contributed by atoms with Crippen molar-refractivity contribution in [3.05, 3.63) is 38.9 Å². The summed E-state index contributed by atoms with van der Waals surface area (Å²) in [6.45, 7) is 0.979. The molecule has 0 saturated carbocycles. The Labute approximate surface area is 109 Å². The topological polar surface area (TPSA) is 98.3 Å². The first-order valence-electron chi connectivity index (χ1n) is 5.49. The van der Waals surface area contributed by atoms with Crippen LogP contribution < -0.4 is 11.1 Å². The first kappa shape index (κ1) is 14.4. The van der Waals surface area contributed by atoms with Gasteiger partial charge >= 0.3 is 5.69 Å². The molecule has 0 atom stereocenters. The minimum absolute atomic E-state index is 0.0275. The standard InChI is InChI=1S/C11H14ClN3O3/c12-9-5-3-4-8(10(9)15(17)18)11(16)14-7-2-1-6-13/h3-5H,1-2,6-7,13H2,(H,14,16). The van der Waals surface area contributed by atoms with Crippen LogP contribution in [0.3, 0.4) is 0 Å². The summed E-state index contributed by atoms with van der Waals surface area (Å²) in [7, 11) is 0. The molecule has 0 fully saturated rings. The molecular formula is C11H14ClN3O3. The van der Waals surface area contributed by atoms with Crippen LogP contribution in [0, 0.1) is 10.1 Å². The molecule has 0 aliphatic carbocycles. The normalized spacial score (nSPS) is 10.1. The summed E-state index contributed by atoms with van der Waals surface area (Å²) in [6, 6.07) is 4.26. The van der Waals surface area contributed by atoms with E-state index in [1.54, 1.807) is 0 Å². The lowest BCUT2D eigenvalue weighted by atomic mass is 10.1. The van der Waals surface area contributed by atoms with Crippen LogP contribution in [0.15, 0.2) is 18.2 Å². The Balaban J connectivity index is 2.79. The molecule has 0 aliphatic heterocycles. The van der Waals surface area contributed by atoms with Gasteiger partial charge in [-0.3, -0.25) is 14.9 Å². The Kier molecular flexibility index (Phi) is 5.54. The highest BCUT2D eigenvalue weighted by atomic mass is 35.5. The molecule has 0 bridgehead atoms. The van der Waals surface area contributed by atoms with Crippen molar-refractivity contribution in [2.75, 3.05) is 13.1 Å². The summed E-state index contributed by atoms with van der Waals surface area (Å²) in [5.41, 5.74) is 4.93. The number of nitrogens with one attached hydrogen (secondary N) is 1. The summed E-state index contributed by atoms with van der Waals surface area (Å²) in [5, 5.41) is 13.4. The fourth-order valence-electron chi connectivity index (χ4n) is 1.45. The number of amides is 1. The third-order valence-corrected chi connectivity index (χ3v) is 2.64. The highest BCUT2D eigenvalue weighted by Gasteiger charge is 2.22. The van der Waals surface area contributed by atoms with E-state index in [-0.39, 0.29) is 16.3 Å². The van der Waals surface area contributed by atoms with Gasteiger partial charge in [-0.25, -0.2) is 0 Å². The third kappa shape index (κ3) is 3.68. The summed E-state index contributed by atoms with van der Waals surface area (Å²) in [4.78, 5) is 22.0. The number of benzene rings is 1. The van der Waals surface area contributed by atoms with Crippen LogP contribution in [0.4, 0.5) is 5.69 Å². The van der Waals surface area contributed by atoms with Crippen LogP contribution in [0.25, 0.3) is 0 Å². The molecule has 6 nitrogen and oxygen atoms in total. The summed E-state index contributed by atoms with van der Waals surface area (Å²) < 4.78 is 0. The molecular weight excluding hydrogens is 258 g/mol. The molecule has 0 aromatic heterocycles. The second-order valence-corrected chi connectivity index (χ2v) is 4.05. The van der Waals surface area contributed by atoms with Gasteiger partial charge in [-0.15, -0.1) is 0 Å². The van der Waals surface area contributed by atoms with Crippen LogP contribution in [0.1, 0.15) is 23.2 Å². The Hall–Kier alpha value is -1.66. The average molecular weight is 272 g/mol. The largest absolute Gasteiger partial charge is 0.352 e. The molecule has 3 N–H and O–H groups in total. The number of nitro groups is 1. The van der Waals surface area contributed by atoms with Gasteiger partial charge in [0.05, 0.1) is 4.92 Å². The van der Waals surface area contributed by atoms with Crippen molar-refractivity contribution in [1.82, 2.24) is 5.32 Å². The Morgan fingerprint density at radius 3 is 2.78 bits per heavy atom. The number of unbranched alkanes of at least 4 members (excludes halogenated alkanes) is 1. The average Bonchev–Trinajstić information content (AvgIpc) is 2.33. The molecule has 98 valence electrons. The van der Waals surface area contributed by atoms with Gasteiger partial charge < -0.3 is 11.1 Å². The minimum Gasteiger partial charge on any atom is -0.352 e. The second-order valence-electron chi connectivity index (χ2n) is 3.64. The van der Waals surface area contributed by atoms with E-state index in [2.05, 4.69) is 5.32 Å². The van der Waals surface area contributed by atoms with E-state index in [1.807, 2.05) is 0 Å². The summed E-state index contributed by atoms with van der Waals surface area (Å²) >= 11 is 5.71. The molecule has 0 spiro atoms. The number of para-hydroxylation sites is 1. The molecule has 1 aromatic carbocycles. The van der Waals surface area contributed by atoms with Crippen LogP contribution >= 0.6 is 11.6 Å². The maximum atomic E-state index is 11.8. The number of nitrogens with two attached hydrogens (primary N) is 1. The lowest BCUT2D eigenvalue weighted by molar-refractivity contribution is -0.385. The van der Waals surface area contributed by atoms with Gasteiger partial charge in [0, 0.05) is 6.54 Å². The lowest BCUT2D eigenvalue weighted by Gasteiger charge is -2.06. The second kappa shape index (κ2) is 6.93. The van der Waals surface area contributed by atoms with Gasteiger partial charge in [0.2, 0.25) is 0 Å². The zero-order chi connectivity index (χ0) is 13.5. The number of carbonyl (C=O) groups is 1. The molecule has 1 aromatic rings. The van der Waals surface area contributed by atoms with Crippen molar-refractivity contribution in [3.8, 4) is 0 Å². The van der Waals surface area contributed by atoms with Crippen molar-refractivity contribution in [3.63, 3.8) is 0 Å². The van der Waals surface area contributed by atoms with E-state index in [4.69, 9.17) is 17.3 Å². The Bertz CT molecular complexity index is 451. The smallest absolute Gasteiger partial charge is 0.300 e. The first-order chi connectivity index (χ1) is 8.57. The molecule has 18 heavy (non-hydrogen) atoms. The molecule has 0 heterocycles. The third-order valence-electron chi connectivity index (χ3n) is 2.33. The molecule has 0 aliphatic rings. The minimum atomic E-state index is -0.656. The van der Waals surface area contributed by atoms with E-state index in [9.17, 15) is 14.9 Å². The molecule has 1 amide bonds. The number of rotatable bonds is 6. The molecule has 1 rings (SSSR count). The van der Waals surface area contributed by atoms with Gasteiger partial charge in [-0.05, 0) is 31.5 Å². The van der Waals surface area contributed by atoms with E-state index < -0.39 is 10.8 Å². The van der Waals surface area contributed by atoms with Crippen molar-refractivity contribution in [2.45, 2.75) is 12.8 Å².